The van der Waals surface area contributed by atoms with Crippen LogP contribution in [0.15, 0.2) is 28.6 Å². The molecule has 0 bridgehead atoms. The topological polar surface area (TPSA) is 95.8 Å². The van der Waals surface area contributed by atoms with Crippen molar-refractivity contribution in [1.29, 1.82) is 0 Å². The fourth-order valence-electron chi connectivity index (χ4n) is 3.64. The predicted molar refractivity (Wildman–Crippen MR) is 96.5 cm³/mol. The summed E-state index contributed by atoms with van der Waals surface area (Å²) in [5, 5.41) is 12.3. The summed E-state index contributed by atoms with van der Waals surface area (Å²) in [4.78, 5) is 24.1. The Morgan fingerprint density at radius 3 is 2.68 bits per heavy atom. The van der Waals surface area contributed by atoms with Crippen LogP contribution < -0.4 is 5.32 Å². The van der Waals surface area contributed by atoms with E-state index in [9.17, 15) is 18.9 Å². The minimum atomic E-state index is -2.19. The monoisotopic (exact) mass is 364 g/mol. The quantitative estimate of drug-likeness (QED) is 0.858. The van der Waals surface area contributed by atoms with E-state index in [-0.39, 0.29) is 11.9 Å². The van der Waals surface area contributed by atoms with Crippen molar-refractivity contribution in [3.8, 4) is 0 Å². The molecule has 1 aliphatic carbocycles. The molecule has 1 aromatic carbocycles. The summed E-state index contributed by atoms with van der Waals surface area (Å²) >= 11 is 0. The number of amides is 1. The molecule has 7 heteroatoms. The molecule has 2 unspecified atom stereocenters. The van der Waals surface area contributed by atoms with Gasteiger partial charge in [-0.1, -0.05) is 12.5 Å². The minimum absolute atomic E-state index is 0.308. The maximum Gasteiger partial charge on any atom is 0.311 e. The lowest BCUT2D eigenvalue weighted by atomic mass is 9.85. The van der Waals surface area contributed by atoms with E-state index in [1.165, 1.54) is 0 Å². The Bertz CT molecular complexity index is 801. The summed E-state index contributed by atoms with van der Waals surface area (Å²) in [6, 6.07) is 6.38. The van der Waals surface area contributed by atoms with Crippen LogP contribution in [0, 0.1) is 5.41 Å². The van der Waals surface area contributed by atoms with Gasteiger partial charge in [0.2, 0.25) is 0 Å². The molecule has 2 aliphatic rings. The van der Waals surface area contributed by atoms with Crippen molar-refractivity contribution < 1.29 is 18.9 Å². The summed E-state index contributed by atoms with van der Waals surface area (Å²) in [5.41, 5.74) is 0.0407. The molecule has 0 spiro atoms. The second-order valence-electron chi connectivity index (χ2n) is 7.17. The summed E-state index contributed by atoms with van der Waals surface area (Å²) < 4.78 is 16.9. The molecule has 0 aromatic heterocycles. The van der Waals surface area contributed by atoms with Crippen molar-refractivity contribution in [3.63, 3.8) is 0 Å². The van der Waals surface area contributed by atoms with Gasteiger partial charge in [-0.3, -0.25) is 9.59 Å². The van der Waals surface area contributed by atoms with Gasteiger partial charge in [-0.2, -0.15) is 4.36 Å². The highest BCUT2D eigenvalue weighted by Gasteiger charge is 2.45. The van der Waals surface area contributed by atoms with Gasteiger partial charge in [0.05, 0.1) is 20.8 Å². The molecular weight excluding hydrogens is 340 g/mol. The smallest absolute Gasteiger partial charge is 0.311 e. The van der Waals surface area contributed by atoms with Crippen LogP contribution in [0.25, 0.3) is 0 Å². The summed E-state index contributed by atoms with van der Waals surface area (Å²) in [5.74, 6) is 0.0419. The van der Waals surface area contributed by atoms with Crippen molar-refractivity contribution in [2.45, 2.75) is 45.1 Å². The molecule has 2 N–H and O–H groups in total. The third-order valence-electron chi connectivity index (χ3n) is 5.31. The first-order valence-corrected chi connectivity index (χ1v) is 10.5. The molecule has 1 saturated heterocycles. The number of carboxylic acids is 1. The SMILES string of the molecule is CC1(C(=O)O)CCCC1NC(=O)c1cccc(N=S2(=O)CCCC2)c1. The van der Waals surface area contributed by atoms with E-state index in [0.717, 1.165) is 19.3 Å². The third-order valence-corrected chi connectivity index (χ3v) is 7.71. The molecule has 1 aromatic rings. The van der Waals surface area contributed by atoms with Crippen molar-refractivity contribution in [2.24, 2.45) is 9.78 Å². The summed E-state index contributed by atoms with van der Waals surface area (Å²) in [6.45, 7) is 1.68. The van der Waals surface area contributed by atoms with Gasteiger partial charge >= 0.3 is 5.97 Å². The molecule has 0 radical (unpaired) electrons. The van der Waals surface area contributed by atoms with Crippen LogP contribution in [-0.2, 0) is 14.5 Å². The highest BCUT2D eigenvalue weighted by molar-refractivity contribution is 7.93. The number of nitrogens with one attached hydrogen (secondary N) is 1. The first-order chi connectivity index (χ1) is 11.8. The Kier molecular flexibility index (Phi) is 4.86. The fourth-order valence-corrected chi connectivity index (χ4v) is 5.83. The number of benzene rings is 1. The van der Waals surface area contributed by atoms with Crippen LogP contribution in [-0.4, -0.2) is 38.7 Å². The van der Waals surface area contributed by atoms with Crippen LogP contribution >= 0.6 is 0 Å². The minimum Gasteiger partial charge on any atom is -0.481 e. The predicted octanol–water partition coefficient (Wildman–Crippen LogP) is 2.95. The van der Waals surface area contributed by atoms with Gasteiger partial charge in [-0.25, -0.2) is 4.21 Å². The fraction of sp³-hybridized carbons (Fsp3) is 0.556. The van der Waals surface area contributed by atoms with Gasteiger partial charge in [-0.05, 0) is 50.8 Å². The summed E-state index contributed by atoms with van der Waals surface area (Å²) in [7, 11) is -2.19. The zero-order valence-corrected chi connectivity index (χ0v) is 15.2. The van der Waals surface area contributed by atoms with E-state index in [0.29, 0.717) is 35.6 Å². The third kappa shape index (κ3) is 3.71. The molecule has 3 rings (SSSR count). The number of carbonyl (C=O) groups excluding carboxylic acids is 1. The van der Waals surface area contributed by atoms with Crippen LogP contribution in [0.3, 0.4) is 0 Å². The Morgan fingerprint density at radius 1 is 1.28 bits per heavy atom. The Balaban J connectivity index is 1.78. The Labute approximate surface area is 148 Å². The molecule has 6 nitrogen and oxygen atoms in total. The first kappa shape index (κ1) is 17.9. The van der Waals surface area contributed by atoms with Gasteiger partial charge in [0.1, 0.15) is 0 Å². The second-order valence-corrected chi connectivity index (χ2v) is 9.71. The maximum atomic E-state index is 12.6. The molecular formula is C18H24N2O4S. The number of aliphatic carboxylic acids is 1. The molecule has 2 fully saturated rings. The average Bonchev–Trinajstić information content (AvgIpc) is 3.15. The standard InChI is InChI=1S/C18H24N2O4S/c1-18(17(22)23)9-5-8-15(18)19-16(21)13-6-4-7-14(12-13)20-25(24)10-2-3-11-25/h4,6-7,12,15H,2-3,5,8-11H2,1H3,(H,19,21)(H,22,23). The average molecular weight is 364 g/mol. The molecule has 2 atom stereocenters. The van der Waals surface area contributed by atoms with Gasteiger partial charge in [-0.15, -0.1) is 0 Å². The van der Waals surface area contributed by atoms with Gasteiger partial charge in [0, 0.05) is 23.1 Å². The van der Waals surface area contributed by atoms with E-state index in [1.54, 1.807) is 31.2 Å². The molecule has 1 aliphatic heterocycles. The van der Waals surface area contributed by atoms with E-state index < -0.39 is 21.1 Å². The molecule has 1 amide bonds. The lowest BCUT2D eigenvalue weighted by molar-refractivity contribution is -0.148. The maximum absolute atomic E-state index is 12.6. The molecule has 1 saturated carbocycles. The van der Waals surface area contributed by atoms with E-state index >= 15 is 0 Å². The number of carboxylic acid groups (broad SMARTS) is 1. The summed E-state index contributed by atoms with van der Waals surface area (Å²) in [6.07, 6.45) is 3.86. The number of hydrogen-bond donors (Lipinski definition) is 2. The number of rotatable bonds is 4. The van der Waals surface area contributed by atoms with E-state index in [2.05, 4.69) is 9.68 Å². The van der Waals surface area contributed by atoms with Crippen LogP contribution in [0.2, 0.25) is 0 Å². The van der Waals surface area contributed by atoms with Crippen molar-refractivity contribution in [2.75, 3.05) is 11.5 Å². The normalized spacial score (nSPS) is 27.8. The van der Waals surface area contributed by atoms with Gasteiger partial charge < -0.3 is 10.4 Å². The Hall–Kier alpha value is -1.89. The lowest BCUT2D eigenvalue weighted by Crippen LogP contribution is -2.47. The zero-order valence-electron chi connectivity index (χ0n) is 14.4. The van der Waals surface area contributed by atoms with Crippen molar-refractivity contribution >= 4 is 27.3 Å². The molecule has 25 heavy (non-hydrogen) atoms. The highest BCUT2D eigenvalue weighted by atomic mass is 32.2. The Morgan fingerprint density at radius 2 is 2.00 bits per heavy atom. The first-order valence-electron chi connectivity index (χ1n) is 8.69. The van der Waals surface area contributed by atoms with E-state index in [4.69, 9.17) is 0 Å². The van der Waals surface area contributed by atoms with Crippen LogP contribution in [0.5, 0.6) is 0 Å². The number of carbonyl (C=O) groups is 2. The van der Waals surface area contributed by atoms with Crippen molar-refractivity contribution in [3.05, 3.63) is 29.8 Å². The number of nitrogens with zero attached hydrogens (tertiary/aromatic N) is 1. The molecule has 136 valence electrons. The van der Waals surface area contributed by atoms with Crippen molar-refractivity contribution in [1.82, 2.24) is 5.32 Å². The van der Waals surface area contributed by atoms with Crippen LogP contribution in [0.4, 0.5) is 5.69 Å². The van der Waals surface area contributed by atoms with Crippen LogP contribution in [0.1, 0.15) is 49.4 Å². The van der Waals surface area contributed by atoms with E-state index in [1.807, 2.05) is 0 Å². The van der Waals surface area contributed by atoms with Gasteiger partial charge in [0.15, 0.2) is 0 Å². The number of hydrogen-bond acceptors (Lipinski definition) is 4. The molecule has 1 heterocycles. The lowest BCUT2D eigenvalue weighted by Gasteiger charge is -2.27. The second kappa shape index (κ2) is 6.78. The highest BCUT2D eigenvalue weighted by Crippen LogP contribution is 2.38. The largest absolute Gasteiger partial charge is 0.481 e. The zero-order chi connectivity index (χ0) is 18.1. The van der Waals surface area contributed by atoms with Gasteiger partial charge in [0.25, 0.3) is 5.91 Å².